The lowest BCUT2D eigenvalue weighted by Gasteiger charge is -2.15. The van der Waals surface area contributed by atoms with Crippen LogP contribution in [0, 0.1) is 6.92 Å². The van der Waals surface area contributed by atoms with Gasteiger partial charge in [-0.25, -0.2) is 9.59 Å². The van der Waals surface area contributed by atoms with Gasteiger partial charge in [0.2, 0.25) is 11.7 Å². The molecule has 2 rings (SSSR count). The van der Waals surface area contributed by atoms with Crippen molar-refractivity contribution in [2.75, 3.05) is 14.2 Å². The molecule has 0 aliphatic carbocycles. The molecule has 0 spiro atoms. The van der Waals surface area contributed by atoms with Crippen LogP contribution in [0.2, 0.25) is 0 Å². The first-order valence-corrected chi connectivity index (χ1v) is 9.03. The molecule has 152 valence electrons. The second kappa shape index (κ2) is 9.25. The maximum absolute atomic E-state index is 12.5. The van der Waals surface area contributed by atoms with Gasteiger partial charge in [-0.2, -0.15) is 0 Å². The van der Waals surface area contributed by atoms with E-state index in [0.717, 1.165) is 6.42 Å². The highest BCUT2D eigenvalue weighted by atomic mass is 16.5. The molecule has 1 amide bonds. The second-order valence-corrected chi connectivity index (χ2v) is 6.45. The van der Waals surface area contributed by atoms with E-state index in [2.05, 4.69) is 5.32 Å². The molecule has 0 aliphatic heterocycles. The molecule has 2 aromatic rings. The van der Waals surface area contributed by atoms with Crippen LogP contribution in [0.3, 0.4) is 0 Å². The van der Waals surface area contributed by atoms with Crippen LogP contribution in [0.25, 0.3) is 11.0 Å². The molecule has 0 saturated heterocycles. The summed E-state index contributed by atoms with van der Waals surface area (Å²) in [4.78, 5) is 36.2. The SMILES string of the molecule is CCCCC(NC(=O)Cc1c(C)c2ccc(OC)c(OC)c2oc1=O)C(=O)O. The van der Waals surface area contributed by atoms with Gasteiger partial charge in [0.05, 0.1) is 26.2 Å². The van der Waals surface area contributed by atoms with Crippen molar-refractivity contribution in [2.24, 2.45) is 0 Å². The molecular weight excluding hydrogens is 366 g/mol. The highest BCUT2D eigenvalue weighted by molar-refractivity contribution is 5.90. The minimum Gasteiger partial charge on any atom is -0.493 e. The first-order valence-electron chi connectivity index (χ1n) is 9.03. The predicted octanol–water partition coefficient (Wildman–Crippen LogP) is 2.42. The number of unbranched alkanes of at least 4 members (excludes halogenated alkanes) is 1. The molecule has 1 unspecified atom stereocenters. The van der Waals surface area contributed by atoms with Crippen molar-refractivity contribution in [1.29, 1.82) is 0 Å². The lowest BCUT2D eigenvalue weighted by Crippen LogP contribution is -2.42. The molecular formula is C20H25NO7. The molecule has 1 atom stereocenters. The highest BCUT2D eigenvalue weighted by Crippen LogP contribution is 2.36. The molecule has 0 radical (unpaired) electrons. The molecule has 2 N–H and O–H groups in total. The Morgan fingerprint density at radius 2 is 1.96 bits per heavy atom. The van der Waals surface area contributed by atoms with Gasteiger partial charge in [0, 0.05) is 5.39 Å². The molecule has 0 aliphatic rings. The third-order valence-corrected chi connectivity index (χ3v) is 4.61. The van der Waals surface area contributed by atoms with E-state index in [0.29, 0.717) is 35.3 Å². The molecule has 0 fully saturated rings. The van der Waals surface area contributed by atoms with E-state index < -0.39 is 23.5 Å². The van der Waals surface area contributed by atoms with E-state index in [4.69, 9.17) is 13.9 Å². The van der Waals surface area contributed by atoms with Crippen LogP contribution >= 0.6 is 0 Å². The van der Waals surface area contributed by atoms with Crippen molar-refractivity contribution in [3.05, 3.63) is 33.7 Å². The van der Waals surface area contributed by atoms with Gasteiger partial charge in [0.25, 0.3) is 0 Å². The van der Waals surface area contributed by atoms with Crippen LogP contribution in [0.5, 0.6) is 11.5 Å². The standard InChI is InChI=1S/C20H25NO7/c1-5-6-7-14(19(23)24)21-16(22)10-13-11(2)12-8-9-15(26-3)18(27-4)17(12)28-20(13)25/h8-9,14H,5-7,10H2,1-4H3,(H,21,22)(H,23,24). The van der Waals surface area contributed by atoms with Crippen molar-refractivity contribution in [1.82, 2.24) is 5.32 Å². The zero-order valence-corrected chi connectivity index (χ0v) is 16.5. The first kappa shape index (κ1) is 21.3. The Labute approximate surface area is 162 Å². The number of carbonyl (C=O) groups excluding carboxylic acids is 1. The number of benzene rings is 1. The zero-order chi connectivity index (χ0) is 20.8. The minimum atomic E-state index is -1.10. The lowest BCUT2D eigenvalue weighted by molar-refractivity contribution is -0.142. The van der Waals surface area contributed by atoms with Gasteiger partial charge >= 0.3 is 11.6 Å². The molecule has 1 aromatic carbocycles. The summed E-state index contributed by atoms with van der Waals surface area (Å²) < 4.78 is 15.9. The molecule has 1 aromatic heterocycles. The molecule has 0 saturated carbocycles. The topological polar surface area (TPSA) is 115 Å². The van der Waals surface area contributed by atoms with Gasteiger partial charge in [0.15, 0.2) is 11.3 Å². The third-order valence-electron chi connectivity index (χ3n) is 4.61. The number of methoxy groups -OCH3 is 2. The molecule has 8 nitrogen and oxygen atoms in total. The third kappa shape index (κ3) is 4.44. The van der Waals surface area contributed by atoms with E-state index >= 15 is 0 Å². The van der Waals surface area contributed by atoms with Crippen molar-refractivity contribution >= 4 is 22.8 Å². The average molecular weight is 391 g/mol. The van der Waals surface area contributed by atoms with E-state index in [1.165, 1.54) is 14.2 Å². The number of rotatable bonds is 9. The van der Waals surface area contributed by atoms with E-state index in [-0.39, 0.29) is 17.6 Å². The number of carboxylic acid groups (broad SMARTS) is 1. The predicted molar refractivity (Wildman–Crippen MR) is 103 cm³/mol. The quantitative estimate of drug-likeness (QED) is 0.631. The van der Waals surface area contributed by atoms with Gasteiger partial charge in [-0.05, 0) is 31.0 Å². The van der Waals surface area contributed by atoms with Crippen LogP contribution < -0.4 is 20.4 Å². The van der Waals surface area contributed by atoms with E-state index in [1.54, 1.807) is 19.1 Å². The molecule has 0 bridgehead atoms. The maximum Gasteiger partial charge on any atom is 0.340 e. The Kier molecular flexibility index (Phi) is 7.03. The van der Waals surface area contributed by atoms with Gasteiger partial charge in [-0.15, -0.1) is 0 Å². The fourth-order valence-corrected chi connectivity index (χ4v) is 3.04. The summed E-state index contributed by atoms with van der Waals surface area (Å²) in [5.41, 5.74) is 0.312. The summed E-state index contributed by atoms with van der Waals surface area (Å²) >= 11 is 0. The van der Waals surface area contributed by atoms with E-state index in [9.17, 15) is 19.5 Å². The summed E-state index contributed by atoms with van der Waals surface area (Å²) in [6.45, 7) is 3.65. The van der Waals surface area contributed by atoms with Crippen molar-refractivity contribution in [3.63, 3.8) is 0 Å². The summed E-state index contributed by atoms with van der Waals surface area (Å²) in [5, 5.41) is 12.3. The smallest absolute Gasteiger partial charge is 0.340 e. The average Bonchev–Trinajstić information content (AvgIpc) is 2.67. The Balaban J connectivity index is 2.36. The normalized spacial score (nSPS) is 11.9. The number of aliphatic carboxylic acids is 1. The molecule has 28 heavy (non-hydrogen) atoms. The second-order valence-electron chi connectivity index (χ2n) is 6.45. The summed E-state index contributed by atoms with van der Waals surface area (Å²) in [5.74, 6) is -0.926. The van der Waals surface area contributed by atoms with Crippen LogP contribution in [-0.2, 0) is 16.0 Å². The Morgan fingerprint density at radius 3 is 2.54 bits per heavy atom. The van der Waals surface area contributed by atoms with Gasteiger partial charge in [0.1, 0.15) is 6.04 Å². The first-order chi connectivity index (χ1) is 13.3. The largest absolute Gasteiger partial charge is 0.493 e. The number of carboxylic acids is 1. The van der Waals surface area contributed by atoms with Gasteiger partial charge < -0.3 is 24.3 Å². The van der Waals surface area contributed by atoms with Gasteiger partial charge in [-0.3, -0.25) is 4.79 Å². The van der Waals surface area contributed by atoms with Gasteiger partial charge in [-0.1, -0.05) is 19.8 Å². The fourth-order valence-electron chi connectivity index (χ4n) is 3.04. The van der Waals surface area contributed by atoms with E-state index in [1.807, 2.05) is 6.92 Å². The molecule has 1 heterocycles. The van der Waals surface area contributed by atoms with Crippen molar-refractivity contribution in [2.45, 2.75) is 45.6 Å². The maximum atomic E-state index is 12.5. The number of fused-ring (bicyclic) bond motifs is 1. The van der Waals surface area contributed by atoms with Crippen LogP contribution in [0.4, 0.5) is 0 Å². The number of aryl methyl sites for hydroxylation is 1. The lowest BCUT2D eigenvalue weighted by atomic mass is 10.0. The van der Waals surface area contributed by atoms with Crippen LogP contribution in [-0.4, -0.2) is 37.2 Å². The Bertz CT molecular complexity index is 932. The fraction of sp³-hybridized carbons (Fsp3) is 0.450. The van der Waals surface area contributed by atoms with Crippen LogP contribution in [0.15, 0.2) is 21.3 Å². The number of carbonyl (C=O) groups is 2. The molecule has 8 heteroatoms. The summed E-state index contributed by atoms with van der Waals surface area (Å²) in [6.07, 6.45) is 1.56. The number of nitrogens with one attached hydrogen (secondary N) is 1. The zero-order valence-electron chi connectivity index (χ0n) is 16.5. The Hall–Kier alpha value is -3.03. The van der Waals surface area contributed by atoms with Crippen LogP contribution in [0.1, 0.15) is 37.3 Å². The van der Waals surface area contributed by atoms with Crippen molar-refractivity contribution < 1.29 is 28.6 Å². The summed E-state index contributed by atoms with van der Waals surface area (Å²) in [7, 11) is 2.92. The number of ether oxygens (including phenoxy) is 2. The monoisotopic (exact) mass is 391 g/mol. The number of hydrogen-bond acceptors (Lipinski definition) is 6. The minimum absolute atomic E-state index is 0.178. The Morgan fingerprint density at radius 1 is 1.25 bits per heavy atom. The number of amides is 1. The van der Waals surface area contributed by atoms with Crippen molar-refractivity contribution in [3.8, 4) is 11.5 Å². The number of hydrogen-bond donors (Lipinski definition) is 2. The summed E-state index contributed by atoms with van der Waals surface area (Å²) in [6, 6.07) is 2.42. The highest BCUT2D eigenvalue weighted by Gasteiger charge is 2.23.